The van der Waals surface area contributed by atoms with Gasteiger partial charge < -0.3 is 23.1 Å². The first-order valence-electron chi connectivity index (χ1n) is 19.6. The Labute approximate surface area is 401 Å². The van der Waals surface area contributed by atoms with Crippen LogP contribution in [0.2, 0.25) is 0 Å². The Balaban J connectivity index is 0.000000271. The van der Waals surface area contributed by atoms with Gasteiger partial charge in [0.1, 0.15) is 11.4 Å². The van der Waals surface area contributed by atoms with Crippen molar-refractivity contribution in [2.45, 2.75) is 56.0 Å². The molecule has 64 heavy (non-hydrogen) atoms. The topological polar surface area (TPSA) is 111 Å². The van der Waals surface area contributed by atoms with Crippen LogP contribution >= 0.6 is 0 Å². The predicted octanol–water partition coefficient (Wildman–Crippen LogP) is 11.0. The van der Waals surface area contributed by atoms with Crippen molar-refractivity contribution in [2.24, 2.45) is 0 Å². The van der Waals surface area contributed by atoms with Crippen LogP contribution in [0.15, 0.2) is 109 Å². The zero-order valence-corrected chi connectivity index (χ0v) is 39.6. The predicted molar refractivity (Wildman–Crippen MR) is 223 cm³/mol. The molecule has 1 radical (unpaired) electrons. The Morgan fingerprint density at radius 1 is 0.516 bits per heavy atom. The Hall–Kier alpha value is -4.34. The van der Waals surface area contributed by atoms with Crippen molar-refractivity contribution in [3.8, 4) is 44.8 Å². The zero-order chi connectivity index (χ0) is 43.4. The van der Waals surface area contributed by atoms with Gasteiger partial charge in [-0.05, 0) is 131 Å². The first-order valence-corrected chi connectivity index (χ1v) is 19.6. The first-order chi connectivity index (χ1) is 29.0. The molecule has 8 nitrogen and oxygen atoms in total. The smallest absolute Gasteiger partial charge is 0.412 e. The number of nitrogens with one attached hydrogen (secondary N) is 1. The van der Waals surface area contributed by atoms with Crippen molar-refractivity contribution in [3.05, 3.63) is 145 Å². The molecule has 0 spiro atoms. The number of aromatic nitrogens is 5. The summed E-state index contributed by atoms with van der Waals surface area (Å²) < 4.78 is 120. The molecule has 2 fully saturated rings. The van der Waals surface area contributed by atoms with Gasteiger partial charge in [0.25, 0.3) is 0 Å². The Morgan fingerprint density at radius 3 is 1.34 bits per heavy atom. The summed E-state index contributed by atoms with van der Waals surface area (Å²) in [5.74, 6) is 0.332. The number of rotatable bonds is 6. The molecule has 0 amide bonds. The number of pyridine rings is 1. The van der Waals surface area contributed by atoms with Crippen LogP contribution in [0.5, 0.6) is 0 Å². The third kappa shape index (κ3) is 12.9. The van der Waals surface area contributed by atoms with Crippen LogP contribution in [0.4, 0.5) is 39.5 Å². The molecule has 0 atom stereocenters. The summed E-state index contributed by atoms with van der Waals surface area (Å²) in [6.45, 7) is 3.50. The second kappa shape index (κ2) is 22.2. The van der Waals surface area contributed by atoms with E-state index in [9.17, 15) is 39.5 Å². The van der Waals surface area contributed by atoms with E-state index in [4.69, 9.17) is 0 Å². The summed E-state index contributed by atoms with van der Waals surface area (Å²) in [6.07, 6.45) is -6.74. The minimum atomic E-state index is -4.56. The van der Waals surface area contributed by atoms with Gasteiger partial charge in [0, 0.05) is 90.5 Å². The fourth-order valence-electron chi connectivity index (χ4n) is 7.58. The molecular formula is C46H45AcF9N7O-. The molecule has 3 aromatic carbocycles. The summed E-state index contributed by atoms with van der Waals surface area (Å²) in [7, 11) is 2.01. The van der Waals surface area contributed by atoms with Gasteiger partial charge in [-0.3, -0.25) is 4.98 Å². The van der Waals surface area contributed by atoms with E-state index in [0.717, 1.165) is 93.5 Å². The van der Waals surface area contributed by atoms with Crippen LogP contribution in [0.3, 0.4) is 0 Å². The van der Waals surface area contributed by atoms with E-state index in [0.29, 0.717) is 28.1 Å². The first kappa shape index (κ1) is 52.3. The largest absolute Gasteiger partial charge is 0.416 e. The summed E-state index contributed by atoms with van der Waals surface area (Å²) >= 11 is 0. The van der Waals surface area contributed by atoms with Crippen molar-refractivity contribution in [2.75, 3.05) is 33.2 Å². The van der Waals surface area contributed by atoms with E-state index in [-0.39, 0.29) is 85.6 Å². The van der Waals surface area contributed by atoms with Gasteiger partial charge in [0.2, 0.25) is 0 Å². The van der Waals surface area contributed by atoms with Gasteiger partial charge in [0.05, 0.1) is 28.1 Å². The van der Waals surface area contributed by atoms with Gasteiger partial charge >= 0.3 is 18.5 Å². The summed E-state index contributed by atoms with van der Waals surface area (Å²) in [5.41, 5.74) is 2.33. The van der Waals surface area contributed by atoms with Crippen molar-refractivity contribution in [3.63, 3.8) is 0 Å². The van der Waals surface area contributed by atoms with Gasteiger partial charge in [0.15, 0.2) is 0 Å². The molecular weight excluding hydrogens is 1060 g/mol. The van der Waals surface area contributed by atoms with E-state index in [2.05, 4.69) is 35.6 Å². The van der Waals surface area contributed by atoms with Crippen LogP contribution in [-0.4, -0.2) is 69.0 Å². The molecule has 0 saturated carbocycles. The van der Waals surface area contributed by atoms with Crippen LogP contribution in [0, 0.1) is 51.5 Å². The quantitative estimate of drug-likeness (QED) is 0.131. The van der Waals surface area contributed by atoms with Crippen molar-refractivity contribution in [1.82, 2.24) is 35.6 Å². The molecule has 18 heteroatoms. The second-order valence-electron chi connectivity index (χ2n) is 15.1. The molecule has 0 unspecified atom stereocenters. The molecule has 0 aliphatic carbocycles. The van der Waals surface area contributed by atoms with E-state index in [1.54, 1.807) is 36.7 Å². The summed E-state index contributed by atoms with van der Waals surface area (Å²) in [4.78, 5) is 6.18. The third-order valence-corrected chi connectivity index (χ3v) is 10.9. The minimum Gasteiger partial charge on any atom is -0.412 e. The van der Waals surface area contributed by atoms with Gasteiger partial charge in [-0.2, -0.15) is 49.7 Å². The Kier molecular flexibility index (Phi) is 18.2. The SMILES string of the molecule is CN1CCC(c2cc(-c3cccc(C(F)(F)F)c3)c(-c3cccc(C(F)(F)F)c3)nn2)CC1.FC(F)(F)c1cccc(-c2cc(C3CCNCC3)nnc2-c2ccncc2)c1.O.[Ac].[CH3-]. The Bertz CT molecular complexity index is 2440. The van der Waals surface area contributed by atoms with Crippen LogP contribution in [0.1, 0.15) is 65.6 Å². The maximum atomic E-state index is 13.3. The van der Waals surface area contributed by atoms with Crippen LogP contribution in [-0.2, 0) is 18.5 Å². The zero-order valence-electron chi connectivity index (χ0n) is 34.9. The summed E-state index contributed by atoms with van der Waals surface area (Å²) in [5, 5.41) is 20.6. The van der Waals surface area contributed by atoms with E-state index < -0.39 is 35.2 Å². The van der Waals surface area contributed by atoms with E-state index >= 15 is 0 Å². The third-order valence-electron chi connectivity index (χ3n) is 10.9. The molecule has 2 saturated heterocycles. The van der Waals surface area contributed by atoms with Gasteiger partial charge in [-0.25, -0.2) is 0 Å². The normalized spacial score (nSPS) is 15.2. The molecule has 0 bridgehead atoms. The fourth-order valence-corrected chi connectivity index (χ4v) is 7.58. The van der Waals surface area contributed by atoms with Crippen molar-refractivity contribution < 1.29 is 89.1 Å². The molecule has 2 aliphatic heterocycles. The maximum Gasteiger partial charge on any atom is 0.416 e. The van der Waals surface area contributed by atoms with Gasteiger partial charge in [-0.15, -0.1) is 10.2 Å². The minimum absolute atomic E-state index is 0. The Morgan fingerprint density at radius 2 is 0.906 bits per heavy atom. The number of piperidine rings is 2. The molecule has 8 rings (SSSR count). The van der Waals surface area contributed by atoms with Crippen molar-refractivity contribution >= 4 is 0 Å². The molecule has 3 N–H and O–H groups in total. The molecule has 5 heterocycles. The second-order valence-corrected chi connectivity index (χ2v) is 15.1. The molecule has 337 valence electrons. The van der Waals surface area contributed by atoms with Crippen LogP contribution in [0.25, 0.3) is 44.8 Å². The van der Waals surface area contributed by atoms with Crippen LogP contribution < -0.4 is 5.32 Å². The number of likely N-dealkylation sites (tertiary alicyclic amines) is 1. The average Bonchev–Trinajstić information content (AvgIpc) is 3.26. The van der Waals surface area contributed by atoms with Gasteiger partial charge in [-0.1, -0.05) is 36.4 Å². The number of alkyl halides is 9. The average molecular weight is 1110 g/mol. The monoisotopic (exact) mass is 1110 g/mol. The fraction of sp³-hybridized carbons (Fsp3) is 0.304. The molecule has 6 aromatic rings. The standard InChI is InChI=1S/C24H21F6N3.C21H19F3N4.CH3.Ac.H2O/c1-33-10-8-15(9-11-33)21-14-20(16-4-2-6-18(12-16)23(25,26)27)22(32-31-21)17-5-3-7-19(13-17)24(28,29)30;22-21(23,24)17-3-1-2-16(12-17)18-13-19(14-4-8-25-9-5-14)27-28-20(18)15-6-10-26-11-7-15;;;/h2-7,12-15H,8-11H2,1H3;1-3,6-7,10-14,25H,4-5,8-9H2;1H3;;1H2/q;;-1;;. The number of hydrogen-bond donors (Lipinski definition) is 1. The molecule has 3 aromatic heterocycles. The van der Waals surface area contributed by atoms with E-state index in [1.165, 1.54) is 36.4 Å². The molecule has 2 aliphatic rings. The number of hydrogen-bond acceptors (Lipinski definition) is 7. The van der Waals surface area contributed by atoms with E-state index in [1.807, 2.05) is 13.1 Å². The number of benzene rings is 3. The summed E-state index contributed by atoms with van der Waals surface area (Å²) in [6, 6.07) is 21.8. The van der Waals surface area contributed by atoms with Crippen molar-refractivity contribution in [1.29, 1.82) is 0 Å². The number of halogens is 9. The number of nitrogens with zero attached hydrogens (tertiary/aromatic N) is 6. The maximum absolute atomic E-state index is 13.3.